The van der Waals surface area contributed by atoms with Crippen molar-refractivity contribution in [3.8, 4) is 0 Å². The Hall–Kier alpha value is -0.900. The van der Waals surface area contributed by atoms with Crippen molar-refractivity contribution in [1.29, 1.82) is 0 Å². The minimum absolute atomic E-state index is 0.423. The first-order valence-electron chi connectivity index (χ1n) is 7.80. The SMILES string of the molecule is CCCNC(CN1CCOCC1)c1cc(C)cc(C)c1. The van der Waals surface area contributed by atoms with Crippen LogP contribution in [0.3, 0.4) is 0 Å². The van der Waals surface area contributed by atoms with Crippen molar-refractivity contribution >= 4 is 0 Å². The van der Waals surface area contributed by atoms with E-state index in [-0.39, 0.29) is 0 Å². The molecule has 1 aliphatic heterocycles. The zero-order valence-corrected chi connectivity index (χ0v) is 13.1. The molecule has 0 amide bonds. The molecule has 1 saturated heterocycles. The predicted octanol–water partition coefficient (Wildman–Crippen LogP) is 2.68. The van der Waals surface area contributed by atoms with Crippen LogP contribution >= 0.6 is 0 Å². The number of aryl methyl sites for hydroxylation is 2. The van der Waals surface area contributed by atoms with Crippen molar-refractivity contribution in [3.05, 3.63) is 34.9 Å². The maximum Gasteiger partial charge on any atom is 0.0594 e. The van der Waals surface area contributed by atoms with E-state index >= 15 is 0 Å². The van der Waals surface area contributed by atoms with Crippen LogP contribution in [0.5, 0.6) is 0 Å². The smallest absolute Gasteiger partial charge is 0.0594 e. The molecule has 1 heterocycles. The molecular weight excluding hydrogens is 248 g/mol. The van der Waals surface area contributed by atoms with E-state index in [1.54, 1.807) is 0 Å². The summed E-state index contributed by atoms with van der Waals surface area (Å²) in [5.74, 6) is 0. The normalized spacial score (nSPS) is 18.1. The molecule has 0 radical (unpaired) electrons. The van der Waals surface area contributed by atoms with Gasteiger partial charge in [-0.15, -0.1) is 0 Å². The highest BCUT2D eigenvalue weighted by atomic mass is 16.5. The Morgan fingerprint density at radius 2 is 1.80 bits per heavy atom. The number of hydrogen-bond acceptors (Lipinski definition) is 3. The second-order valence-corrected chi connectivity index (χ2v) is 5.84. The minimum atomic E-state index is 0.423. The lowest BCUT2D eigenvalue weighted by Gasteiger charge is -2.31. The summed E-state index contributed by atoms with van der Waals surface area (Å²) < 4.78 is 5.44. The van der Waals surface area contributed by atoms with Gasteiger partial charge in [-0.25, -0.2) is 0 Å². The monoisotopic (exact) mass is 276 g/mol. The van der Waals surface area contributed by atoms with Gasteiger partial charge in [-0.05, 0) is 32.4 Å². The third kappa shape index (κ3) is 4.58. The first-order valence-corrected chi connectivity index (χ1v) is 7.80. The summed E-state index contributed by atoms with van der Waals surface area (Å²) in [5, 5.41) is 3.70. The first kappa shape index (κ1) is 15.5. The molecule has 1 fully saturated rings. The van der Waals surface area contributed by atoms with Crippen LogP contribution in [-0.2, 0) is 4.74 Å². The summed E-state index contributed by atoms with van der Waals surface area (Å²) in [7, 11) is 0. The molecule has 1 N–H and O–H groups in total. The second-order valence-electron chi connectivity index (χ2n) is 5.84. The van der Waals surface area contributed by atoms with Gasteiger partial charge < -0.3 is 10.1 Å². The Balaban J connectivity index is 2.08. The van der Waals surface area contributed by atoms with Gasteiger partial charge in [0.25, 0.3) is 0 Å². The fourth-order valence-electron chi connectivity index (χ4n) is 2.86. The summed E-state index contributed by atoms with van der Waals surface area (Å²) in [6, 6.07) is 7.31. The average Bonchev–Trinajstić information content (AvgIpc) is 2.43. The molecule has 112 valence electrons. The molecule has 2 rings (SSSR count). The summed E-state index contributed by atoms with van der Waals surface area (Å²) in [5.41, 5.74) is 4.12. The highest BCUT2D eigenvalue weighted by Crippen LogP contribution is 2.19. The molecule has 0 spiro atoms. The van der Waals surface area contributed by atoms with Gasteiger partial charge in [0, 0.05) is 25.7 Å². The van der Waals surface area contributed by atoms with Crippen LogP contribution in [0.15, 0.2) is 18.2 Å². The molecule has 1 aromatic carbocycles. The van der Waals surface area contributed by atoms with Crippen molar-refractivity contribution in [2.24, 2.45) is 0 Å². The van der Waals surface area contributed by atoms with Crippen molar-refractivity contribution in [2.45, 2.75) is 33.2 Å². The van der Waals surface area contributed by atoms with Crippen molar-refractivity contribution in [2.75, 3.05) is 39.4 Å². The van der Waals surface area contributed by atoms with Gasteiger partial charge in [-0.1, -0.05) is 36.2 Å². The first-order chi connectivity index (χ1) is 9.69. The fourth-order valence-corrected chi connectivity index (χ4v) is 2.86. The third-order valence-electron chi connectivity index (χ3n) is 3.83. The number of nitrogens with one attached hydrogen (secondary N) is 1. The van der Waals surface area contributed by atoms with E-state index < -0.39 is 0 Å². The molecule has 0 aliphatic carbocycles. The van der Waals surface area contributed by atoms with Crippen molar-refractivity contribution in [3.63, 3.8) is 0 Å². The lowest BCUT2D eigenvalue weighted by Crippen LogP contribution is -2.42. The van der Waals surface area contributed by atoms with E-state index in [2.05, 4.69) is 49.2 Å². The maximum atomic E-state index is 5.44. The molecular formula is C17H28N2O. The van der Waals surface area contributed by atoms with Gasteiger partial charge in [-0.2, -0.15) is 0 Å². The predicted molar refractivity (Wildman–Crippen MR) is 84.2 cm³/mol. The molecule has 20 heavy (non-hydrogen) atoms. The summed E-state index contributed by atoms with van der Waals surface area (Å²) in [6.45, 7) is 12.6. The number of morpholine rings is 1. The number of benzene rings is 1. The van der Waals surface area contributed by atoms with Gasteiger partial charge in [0.2, 0.25) is 0 Å². The van der Waals surface area contributed by atoms with Crippen LogP contribution in [-0.4, -0.2) is 44.3 Å². The van der Waals surface area contributed by atoms with Gasteiger partial charge in [-0.3, -0.25) is 4.90 Å². The van der Waals surface area contributed by atoms with Gasteiger partial charge in [0.15, 0.2) is 0 Å². The Bertz CT molecular complexity index is 393. The van der Waals surface area contributed by atoms with E-state index in [0.29, 0.717) is 6.04 Å². The lowest BCUT2D eigenvalue weighted by molar-refractivity contribution is 0.0334. The van der Waals surface area contributed by atoms with Crippen LogP contribution < -0.4 is 5.32 Å². The van der Waals surface area contributed by atoms with E-state index in [0.717, 1.165) is 39.4 Å². The van der Waals surface area contributed by atoms with Crippen LogP contribution in [0.2, 0.25) is 0 Å². The summed E-state index contributed by atoms with van der Waals surface area (Å²) >= 11 is 0. The Morgan fingerprint density at radius 1 is 1.15 bits per heavy atom. The average molecular weight is 276 g/mol. The van der Waals surface area contributed by atoms with Crippen LogP contribution in [0.1, 0.15) is 36.1 Å². The Kier molecular flexibility index (Phi) is 6.02. The van der Waals surface area contributed by atoms with Crippen LogP contribution in [0, 0.1) is 13.8 Å². The number of hydrogen-bond donors (Lipinski definition) is 1. The topological polar surface area (TPSA) is 24.5 Å². The second kappa shape index (κ2) is 7.77. The van der Waals surface area contributed by atoms with Gasteiger partial charge in [0.05, 0.1) is 13.2 Å². The molecule has 0 saturated carbocycles. The van der Waals surface area contributed by atoms with E-state index in [9.17, 15) is 0 Å². The summed E-state index contributed by atoms with van der Waals surface area (Å²) in [4.78, 5) is 2.51. The number of nitrogens with zero attached hydrogens (tertiary/aromatic N) is 1. The molecule has 1 aromatic rings. The van der Waals surface area contributed by atoms with Gasteiger partial charge in [0.1, 0.15) is 0 Å². The van der Waals surface area contributed by atoms with E-state index in [1.807, 2.05) is 0 Å². The van der Waals surface area contributed by atoms with E-state index in [4.69, 9.17) is 4.74 Å². The fraction of sp³-hybridized carbons (Fsp3) is 0.647. The summed E-state index contributed by atoms with van der Waals surface area (Å²) in [6.07, 6.45) is 1.17. The zero-order chi connectivity index (χ0) is 14.4. The van der Waals surface area contributed by atoms with Gasteiger partial charge >= 0.3 is 0 Å². The molecule has 1 atom stereocenters. The third-order valence-corrected chi connectivity index (χ3v) is 3.83. The molecule has 3 nitrogen and oxygen atoms in total. The molecule has 3 heteroatoms. The van der Waals surface area contributed by atoms with E-state index in [1.165, 1.54) is 23.1 Å². The number of ether oxygens (including phenoxy) is 1. The number of rotatable bonds is 6. The quantitative estimate of drug-likeness (QED) is 0.864. The largest absolute Gasteiger partial charge is 0.379 e. The Labute approximate surface area is 123 Å². The lowest BCUT2D eigenvalue weighted by atomic mass is 10.0. The zero-order valence-electron chi connectivity index (χ0n) is 13.1. The maximum absolute atomic E-state index is 5.44. The van der Waals surface area contributed by atoms with Crippen LogP contribution in [0.4, 0.5) is 0 Å². The molecule has 1 aliphatic rings. The molecule has 1 unspecified atom stereocenters. The molecule has 0 bridgehead atoms. The van der Waals surface area contributed by atoms with Crippen molar-refractivity contribution in [1.82, 2.24) is 10.2 Å². The highest BCUT2D eigenvalue weighted by molar-refractivity contribution is 5.31. The Morgan fingerprint density at radius 3 is 2.40 bits per heavy atom. The standard InChI is InChI=1S/C17H28N2O/c1-4-5-18-17(13-19-6-8-20-9-7-19)16-11-14(2)10-15(3)12-16/h10-12,17-18H,4-9,13H2,1-3H3. The van der Waals surface area contributed by atoms with Crippen LogP contribution in [0.25, 0.3) is 0 Å². The molecule has 0 aromatic heterocycles. The highest BCUT2D eigenvalue weighted by Gasteiger charge is 2.18. The van der Waals surface area contributed by atoms with Crippen molar-refractivity contribution < 1.29 is 4.74 Å². The minimum Gasteiger partial charge on any atom is -0.379 e.